The minimum Gasteiger partial charge on any atom is -0.356 e. The molecule has 54 heavy (non-hydrogen) atoms. The van der Waals surface area contributed by atoms with Crippen LogP contribution >= 0.6 is 53.2 Å². The third-order valence-corrected chi connectivity index (χ3v) is 10.7. The van der Waals surface area contributed by atoms with E-state index in [4.69, 9.17) is 4.21 Å². The van der Waals surface area contributed by atoms with Crippen molar-refractivity contribution < 1.29 is 13.8 Å². The summed E-state index contributed by atoms with van der Waals surface area (Å²) < 4.78 is 14.7. The summed E-state index contributed by atoms with van der Waals surface area (Å²) in [4.78, 5) is 54.9. The second kappa shape index (κ2) is 21.0. The predicted octanol–water partition coefficient (Wildman–Crippen LogP) is 7.59. The van der Waals surface area contributed by atoms with Gasteiger partial charge in [-0.1, -0.05) is 59.6 Å². The van der Waals surface area contributed by atoms with Crippen LogP contribution in [0.4, 0.5) is 0 Å². The summed E-state index contributed by atoms with van der Waals surface area (Å²) >= 11 is 6.83. The molecule has 16 heteroatoms. The number of nitrogens with zero attached hydrogens (tertiary/aromatic N) is 4. The standard InChI is InChI=1S/2C13H13BrN2O.2C6H11NO.Cl2OS/c1-8-2-5-12-15-11-6-9(14)3-4-10(11)13(17)16(12)7-8;1-8-4-5-16-12(6-8)15-11-7-9(14)2-3-10(11)13(16)17;1-5-2-3-7-6(8)4-5;1-5-2-3-6(8)7-4-5;1-4(2)3/h3-4,6,8H,2,5,7H2,1H3;2-3,7-8H,4-6H2,1H3;2*5H,2-4H2,1H3,(H,7,8);. The van der Waals surface area contributed by atoms with Crippen LogP contribution in [-0.4, -0.2) is 48.2 Å². The number of halogens is 4. The Morgan fingerprint density at radius 1 is 0.685 bits per heavy atom. The van der Waals surface area contributed by atoms with Gasteiger partial charge in [-0.05, 0) is 85.8 Å². The molecule has 4 atom stereocenters. The summed E-state index contributed by atoms with van der Waals surface area (Å²) in [6, 6.07) is 11.3. The summed E-state index contributed by atoms with van der Waals surface area (Å²) in [5, 5.41) is 6.99. The molecule has 0 saturated carbocycles. The topological polar surface area (TPSA) is 145 Å². The molecule has 0 radical (unpaired) electrons. The fraction of sp³-hybridized carbons (Fsp3) is 0.526. The number of aromatic nitrogens is 4. The van der Waals surface area contributed by atoms with Crippen molar-refractivity contribution >= 4 is 96.1 Å². The minimum absolute atomic E-state index is 0.101. The fourth-order valence-corrected chi connectivity index (χ4v) is 7.29. The molecule has 294 valence electrons. The van der Waals surface area contributed by atoms with Crippen molar-refractivity contribution in [2.24, 2.45) is 23.7 Å². The van der Waals surface area contributed by atoms with Gasteiger partial charge in [-0.15, -0.1) is 0 Å². The quantitative estimate of drug-likeness (QED) is 0.173. The second-order valence-corrected chi connectivity index (χ2v) is 18.9. The van der Waals surface area contributed by atoms with E-state index in [1.807, 2.05) is 45.5 Å². The molecule has 4 aliphatic heterocycles. The largest absolute Gasteiger partial charge is 0.356 e. The highest BCUT2D eigenvalue weighted by molar-refractivity contribution is 9.10. The van der Waals surface area contributed by atoms with Crippen LogP contribution in [0.5, 0.6) is 0 Å². The summed E-state index contributed by atoms with van der Waals surface area (Å²) in [7, 11) is 7.36. The number of hydrogen-bond donors (Lipinski definition) is 2. The summed E-state index contributed by atoms with van der Waals surface area (Å²) in [6.45, 7) is 12.0. The van der Waals surface area contributed by atoms with Crippen molar-refractivity contribution in [3.05, 3.63) is 77.7 Å². The molecule has 2 amide bonds. The summed E-state index contributed by atoms with van der Waals surface area (Å²) in [6.07, 6.45) is 7.64. The Hall–Kier alpha value is -2.65. The van der Waals surface area contributed by atoms with Gasteiger partial charge in [0.15, 0.2) is 0 Å². The Balaban J connectivity index is 0.000000164. The molecule has 0 spiro atoms. The second-order valence-electron chi connectivity index (χ2n) is 14.6. The first-order valence-corrected chi connectivity index (χ1v) is 22.7. The predicted molar refractivity (Wildman–Crippen MR) is 225 cm³/mol. The molecular weight excluding hydrogens is 883 g/mol. The maximum Gasteiger partial charge on any atom is 0.261 e. The van der Waals surface area contributed by atoms with E-state index in [0.717, 1.165) is 109 Å². The van der Waals surface area contributed by atoms with Crippen LogP contribution in [0, 0.1) is 23.7 Å². The molecule has 2 fully saturated rings. The van der Waals surface area contributed by atoms with E-state index >= 15 is 0 Å². The van der Waals surface area contributed by atoms with Gasteiger partial charge < -0.3 is 10.6 Å². The van der Waals surface area contributed by atoms with Crippen LogP contribution in [0.3, 0.4) is 0 Å². The van der Waals surface area contributed by atoms with Gasteiger partial charge in [0.05, 0.1) is 21.8 Å². The van der Waals surface area contributed by atoms with E-state index in [1.54, 1.807) is 0 Å². The molecule has 2 aromatic heterocycles. The number of amides is 2. The number of aryl methyl sites for hydroxylation is 1. The van der Waals surface area contributed by atoms with Crippen molar-refractivity contribution in [3.8, 4) is 0 Å². The molecule has 4 unspecified atom stereocenters. The lowest BCUT2D eigenvalue weighted by Crippen LogP contribution is -2.33. The molecule has 0 bridgehead atoms. The number of rotatable bonds is 0. The minimum atomic E-state index is -1.67. The lowest BCUT2D eigenvalue weighted by molar-refractivity contribution is -0.123. The SMILES string of the molecule is CC1CCC(=O)NC1.CC1CCNC(=O)C1.CC1CCc2nc3cc(Br)ccc3c(=O)n2C1.CC1CCn2c(nc3cc(Br)ccc3c2=O)C1.O=S(Cl)Cl. The van der Waals surface area contributed by atoms with E-state index in [-0.39, 0.29) is 22.9 Å². The average molecular weight is 932 g/mol. The van der Waals surface area contributed by atoms with Crippen LogP contribution in [-0.2, 0) is 44.7 Å². The van der Waals surface area contributed by atoms with Gasteiger partial charge in [-0.3, -0.25) is 28.3 Å². The first-order chi connectivity index (χ1) is 25.6. The normalized spacial score (nSPS) is 21.6. The number of fused-ring (bicyclic) bond motifs is 4. The van der Waals surface area contributed by atoms with E-state index in [9.17, 15) is 19.2 Å². The Morgan fingerprint density at radius 3 is 1.76 bits per heavy atom. The molecule has 4 aromatic rings. The molecule has 2 saturated heterocycles. The zero-order valence-corrected chi connectivity index (χ0v) is 36.5. The molecule has 6 heterocycles. The fourth-order valence-electron chi connectivity index (χ4n) is 6.59. The van der Waals surface area contributed by atoms with Crippen molar-refractivity contribution in [3.63, 3.8) is 0 Å². The van der Waals surface area contributed by atoms with Gasteiger partial charge in [0, 0.05) is 82.2 Å². The van der Waals surface area contributed by atoms with Gasteiger partial charge in [0.2, 0.25) is 21.0 Å². The Labute approximate surface area is 344 Å². The average Bonchev–Trinajstić information content (AvgIpc) is 3.10. The first-order valence-electron chi connectivity index (χ1n) is 18.3. The Bertz CT molecular complexity index is 2080. The lowest BCUT2D eigenvalue weighted by atomic mass is 9.99. The van der Waals surface area contributed by atoms with Crippen molar-refractivity contribution in [1.82, 2.24) is 29.7 Å². The van der Waals surface area contributed by atoms with Crippen LogP contribution < -0.4 is 21.8 Å². The van der Waals surface area contributed by atoms with E-state index < -0.39 is 9.23 Å². The zero-order valence-electron chi connectivity index (χ0n) is 31.0. The van der Waals surface area contributed by atoms with E-state index in [2.05, 4.69) is 102 Å². The number of hydrogen-bond acceptors (Lipinski definition) is 7. The highest BCUT2D eigenvalue weighted by atomic mass is 79.9. The van der Waals surface area contributed by atoms with Crippen molar-refractivity contribution in [2.75, 3.05) is 13.1 Å². The third kappa shape index (κ3) is 13.2. The van der Waals surface area contributed by atoms with Gasteiger partial charge in [0.1, 0.15) is 11.6 Å². The highest BCUT2D eigenvalue weighted by Crippen LogP contribution is 2.22. The zero-order chi connectivity index (χ0) is 39.5. The first kappa shape index (κ1) is 44.1. The molecule has 2 N–H and O–H groups in total. The van der Waals surface area contributed by atoms with Crippen LogP contribution in [0.25, 0.3) is 21.8 Å². The molecule has 2 aromatic carbocycles. The number of carbonyl (C=O) groups excluding carboxylic acids is 2. The molecular formula is C38H48Br2Cl2N6O5S. The number of carbonyl (C=O) groups is 2. The van der Waals surface area contributed by atoms with Crippen LogP contribution in [0.1, 0.15) is 77.9 Å². The lowest BCUT2D eigenvalue weighted by Gasteiger charge is -2.22. The van der Waals surface area contributed by atoms with E-state index in [1.165, 1.54) is 0 Å². The smallest absolute Gasteiger partial charge is 0.261 e. The van der Waals surface area contributed by atoms with E-state index in [0.29, 0.717) is 34.4 Å². The van der Waals surface area contributed by atoms with Crippen molar-refractivity contribution in [1.29, 1.82) is 0 Å². The third-order valence-electron chi connectivity index (χ3n) is 9.73. The number of nitrogens with one attached hydrogen (secondary N) is 2. The van der Waals surface area contributed by atoms with Gasteiger partial charge in [0.25, 0.3) is 11.1 Å². The Kier molecular flexibility index (Phi) is 17.2. The van der Waals surface area contributed by atoms with Gasteiger partial charge >= 0.3 is 0 Å². The Morgan fingerprint density at radius 2 is 1.24 bits per heavy atom. The van der Waals surface area contributed by atoms with Gasteiger partial charge in [-0.25, -0.2) is 14.2 Å². The maximum absolute atomic E-state index is 12.3. The molecule has 8 rings (SSSR count). The van der Waals surface area contributed by atoms with Crippen molar-refractivity contribution in [2.45, 2.75) is 92.2 Å². The van der Waals surface area contributed by atoms with Gasteiger partial charge in [-0.2, -0.15) is 0 Å². The number of benzene rings is 2. The number of piperidine rings is 2. The summed E-state index contributed by atoms with van der Waals surface area (Å²) in [5.41, 5.74) is 1.79. The highest BCUT2D eigenvalue weighted by Gasteiger charge is 2.20. The maximum atomic E-state index is 12.3. The monoisotopic (exact) mass is 928 g/mol. The van der Waals surface area contributed by atoms with Crippen LogP contribution in [0.2, 0.25) is 0 Å². The summed E-state index contributed by atoms with van der Waals surface area (Å²) in [5.74, 6) is 4.75. The molecule has 11 nitrogen and oxygen atoms in total. The molecule has 0 aliphatic carbocycles. The molecule has 4 aliphatic rings. The van der Waals surface area contributed by atoms with Crippen LogP contribution in [0.15, 0.2) is 54.9 Å².